The molecule has 1 aliphatic rings. The molecule has 0 spiro atoms. The van der Waals surface area contributed by atoms with Crippen molar-refractivity contribution in [2.45, 2.75) is 45.1 Å². The highest BCUT2D eigenvalue weighted by atomic mass is 35.5. The Morgan fingerprint density at radius 2 is 1.96 bits per heavy atom. The number of amides is 1. The number of ether oxygens (including phenoxy) is 1. The van der Waals surface area contributed by atoms with E-state index >= 15 is 0 Å². The van der Waals surface area contributed by atoms with Crippen molar-refractivity contribution in [2.24, 2.45) is 5.92 Å². The quantitative estimate of drug-likeness (QED) is 0.607. The molecule has 3 N–H and O–H groups in total. The van der Waals surface area contributed by atoms with Gasteiger partial charge in [0.25, 0.3) is 5.91 Å². The van der Waals surface area contributed by atoms with Gasteiger partial charge in [0.1, 0.15) is 0 Å². The zero-order valence-corrected chi connectivity index (χ0v) is 15.1. The molecular formula is C17H22Cl2N2O3. The number of esters is 1. The number of rotatable bonds is 5. The summed E-state index contributed by atoms with van der Waals surface area (Å²) in [5.41, 5.74) is 5.91. The molecule has 1 aliphatic carbocycles. The fourth-order valence-electron chi connectivity index (χ4n) is 2.81. The zero-order chi connectivity index (χ0) is 17.7. The Morgan fingerprint density at radius 1 is 1.29 bits per heavy atom. The van der Waals surface area contributed by atoms with Gasteiger partial charge in [-0.15, -0.1) is 0 Å². The number of carbonyl (C=O) groups excluding carboxylic acids is 2. The first-order valence-electron chi connectivity index (χ1n) is 8.11. The van der Waals surface area contributed by atoms with Gasteiger partial charge in [0, 0.05) is 11.6 Å². The van der Waals surface area contributed by atoms with E-state index in [1.54, 1.807) is 0 Å². The maximum Gasteiger partial charge on any atom is 0.341 e. The molecule has 0 bridgehead atoms. The van der Waals surface area contributed by atoms with Gasteiger partial charge in [0.2, 0.25) is 0 Å². The Morgan fingerprint density at radius 3 is 2.62 bits per heavy atom. The van der Waals surface area contributed by atoms with Gasteiger partial charge >= 0.3 is 5.97 Å². The highest BCUT2D eigenvalue weighted by Crippen LogP contribution is 2.28. The largest absolute Gasteiger partial charge is 0.449 e. The van der Waals surface area contributed by atoms with Crippen LogP contribution in [0.4, 0.5) is 5.69 Å². The van der Waals surface area contributed by atoms with Gasteiger partial charge in [0.15, 0.2) is 6.10 Å². The molecule has 1 aromatic rings. The van der Waals surface area contributed by atoms with E-state index in [1.807, 2.05) is 0 Å². The number of nitrogens with two attached hydrogens (primary N) is 1. The van der Waals surface area contributed by atoms with Crippen LogP contribution in [0.3, 0.4) is 0 Å². The van der Waals surface area contributed by atoms with Crippen LogP contribution in [-0.2, 0) is 9.53 Å². The number of halogens is 2. The number of hydrogen-bond donors (Lipinski definition) is 2. The molecule has 0 aromatic heterocycles. The second-order valence-corrected chi connectivity index (χ2v) is 6.99. The van der Waals surface area contributed by atoms with Crippen LogP contribution in [0.25, 0.3) is 0 Å². The van der Waals surface area contributed by atoms with Crippen molar-refractivity contribution in [3.8, 4) is 0 Å². The minimum Gasteiger partial charge on any atom is -0.449 e. The summed E-state index contributed by atoms with van der Waals surface area (Å²) >= 11 is 11.8. The van der Waals surface area contributed by atoms with Crippen molar-refractivity contribution >= 4 is 40.8 Å². The van der Waals surface area contributed by atoms with E-state index in [0.717, 1.165) is 12.8 Å². The maximum atomic E-state index is 12.2. The van der Waals surface area contributed by atoms with Gasteiger partial charge in [-0.25, -0.2) is 4.79 Å². The molecule has 0 saturated heterocycles. The van der Waals surface area contributed by atoms with Crippen LogP contribution in [0.5, 0.6) is 0 Å². The second-order valence-electron chi connectivity index (χ2n) is 6.15. The molecule has 1 saturated carbocycles. The van der Waals surface area contributed by atoms with E-state index < -0.39 is 12.1 Å². The van der Waals surface area contributed by atoms with E-state index in [0.29, 0.717) is 12.5 Å². The van der Waals surface area contributed by atoms with E-state index in [2.05, 4.69) is 5.32 Å². The van der Waals surface area contributed by atoms with E-state index in [1.165, 1.54) is 38.3 Å². The fraction of sp³-hybridized carbons (Fsp3) is 0.529. The summed E-state index contributed by atoms with van der Waals surface area (Å²) in [4.78, 5) is 24.3. The van der Waals surface area contributed by atoms with Gasteiger partial charge in [-0.2, -0.15) is 0 Å². The summed E-state index contributed by atoms with van der Waals surface area (Å²) in [5.74, 6) is -0.536. The van der Waals surface area contributed by atoms with Crippen molar-refractivity contribution in [1.82, 2.24) is 5.32 Å². The van der Waals surface area contributed by atoms with Crippen LogP contribution in [0, 0.1) is 5.92 Å². The monoisotopic (exact) mass is 372 g/mol. The first-order chi connectivity index (χ1) is 11.4. The normalized spacial score (nSPS) is 16.5. The molecule has 1 amide bonds. The molecule has 0 radical (unpaired) electrons. The van der Waals surface area contributed by atoms with E-state index in [9.17, 15) is 9.59 Å². The molecule has 1 fully saturated rings. The third kappa shape index (κ3) is 5.02. The summed E-state index contributed by atoms with van der Waals surface area (Å²) < 4.78 is 5.18. The van der Waals surface area contributed by atoms with E-state index in [4.69, 9.17) is 33.7 Å². The van der Waals surface area contributed by atoms with Crippen LogP contribution >= 0.6 is 23.2 Å². The summed E-state index contributed by atoms with van der Waals surface area (Å²) in [6.45, 7) is 2.14. The van der Waals surface area contributed by atoms with Crippen molar-refractivity contribution in [3.63, 3.8) is 0 Å². The number of carbonyl (C=O) groups is 2. The molecule has 0 heterocycles. The Hall–Kier alpha value is -1.46. The van der Waals surface area contributed by atoms with Crippen molar-refractivity contribution in [3.05, 3.63) is 27.7 Å². The van der Waals surface area contributed by atoms with Gasteiger partial charge in [-0.3, -0.25) is 4.79 Å². The molecule has 0 unspecified atom stereocenters. The molecule has 0 aliphatic heterocycles. The number of nitrogen functional groups attached to an aromatic ring is 1. The SMILES string of the molecule is C[C@H](OC(=O)c1cc(Cl)cc(Cl)c1N)C(=O)NCC1CCCCC1. The average Bonchev–Trinajstić information content (AvgIpc) is 2.56. The topological polar surface area (TPSA) is 81.4 Å². The van der Waals surface area contributed by atoms with Crippen LogP contribution in [0.1, 0.15) is 49.4 Å². The second kappa shape index (κ2) is 8.58. The minimum atomic E-state index is -0.918. The first-order valence-corrected chi connectivity index (χ1v) is 8.87. The smallest absolute Gasteiger partial charge is 0.341 e. The standard InChI is InChI=1S/C17H22Cl2N2O3/c1-10(16(22)21-9-11-5-3-2-4-6-11)24-17(23)13-7-12(18)8-14(19)15(13)20/h7-8,10-11H,2-6,9,20H2,1H3,(H,21,22)/t10-/m0/s1. The number of benzene rings is 1. The molecule has 1 atom stereocenters. The highest BCUT2D eigenvalue weighted by molar-refractivity contribution is 6.37. The summed E-state index contributed by atoms with van der Waals surface area (Å²) in [5, 5.41) is 3.29. The van der Waals surface area contributed by atoms with Crippen LogP contribution in [-0.4, -0.2) is 24.5 Å². The predicted molar refractivity (Wildman–Crippen MR) is 95.3 cm³/mol. The van der Waals surface area contributed by atoms with Gasteiger partial charge < -0.3 is 15.8 Å². The van der Waals surface area contributed by atoms with Crippen LogP contribution in [0.2, 0.25) is 10.0 Å². The zero-order valence-electron chi connectivity index (χ0n) is 13.6. The maximum absolute atomic E-state index is 12.2. The van der Waals surface area contributed by atoms with Crippen molar-refractivity contribution in [1.29, 1.82) is 0 Å². The number of hydrogen-bond acceptors (Lipinski definition) is 4. The number of nitrogens with one attached hydrogen (secondary N) is 1. The molecule has 24 heavy (non-hydrogen) atoms. The summed E-state index contributed by atoms with van der Waals surface area (Å²) in [6, 6.07) is 2.81. The minimum absolute atomic E-state index is 0.0550. The van der Waals surface area contributed by atoms with Crippen molar-refractivity contribution in [2.75, 3.05) is 12.3 Å². The van der Waals surface area contributed by atoms with E-state index in [-0.39, 0.29) is 27.2 Å². The fourth-order valence-corrected chi connectivity index (χ4v) is 3.30. The Bertz CT molecular complexity index is 616. The molecule has 7 heteroatoms. The van der Waals surface area contributed by atoms with Crippen molar-refractivity contribution < 1.29 is 14.3 Å². The lowest BCUT2D eigenvalue weighted by molar-refractivity contribution is -0.129. The lowest BCUT2D eigenvalue weighted by Crippen LogP contribution is -2.38. The van der Waals surface area contributed by atoms with Gasteiger partial charge in [0.05, 0.1) is 16.3 Å². The lowest BCUT2D eigenvalue weighted by Gasteiger charge is -2.22. The average molecular weight is 373 g/mol. The number of anilines is 1. The third-order valence-electron chi connectivity index (χ3n) is 4.26. The molecular weight excluding hydrogens is 351 g/mol. The highest BCUT2D eigenvalue weighted by Gasteiger charge is 2.23. The Balaban J connectivity index is 1.89. The molecule has 2 rings (SSSR count). The van der Waals surface area contributed by atoms with Gasteiger partial charge in [-0.1, -0.05) is 42.5 Å². The first kappa shape index (κ1) is 18.9. The third-order valence-corrected chi connectivity index (χ3v) is 4.79. The summed E-state index contributed by atoms with van der Waals surface area (Å²) in [6.07, 6.45) is 5.03. The van der Waals surface area contributed by atoms with Crippen LogP contribution < -0.4 is 11.1 Å². The molecule has 5 nitrogen and oxygen atoms in total. The Labute approximate surface area is 151 Å². The summed E-state index contributed by atoms with van der Waals surface area (Å²) in [7, 11) is 0. The Kier molecular flexibility index (Phi) is 6.75. The van der Waals surface area contributed by atoms with Gasteiger partial charge in [-0.05, 0) is 37.8 Å². The molecule has 132 valence electrons. The molecule has 1 aromatic carbocycles. The predicted octanol–water partition coefficient (Wildman–Crippen LogP) is 3.82. The lowest BCUT2D eigenvalue weighted by atomic mass is 9.89. The van der Waals surface area contributed by atoms with Crippen LogP contribution in [0.15, 0.2) is 12.1 Å².